The first-order valence-corrected chi connectivity index (χ1v) is 16.1. The number of nitrogens with two attached hydrogens (primary N) is 5. The monoisotopic (exact) mass is 715 g/mol. The van der Waals surface area contributed by atoms with Crippen molar-refractivity contribution >= 4 is 5.91 Å². The van der Waals surface area contributed by atoms with Gasteiger partial charge >= 0.3 is 0 Å². The third-order valence-electron chi connectivity index (χ3n) is 9.35. The van der Waals surface area contributed by atoms with Gasteiger partial charge in [0.2, 0.25) is 5.91 Å². The highest BCUT2D eigenvalue weighted by Crippen LogP contribution is 2.34. The minimum atomic E-state index is -1.71. The molecule has 3 heterocycles. The van der Waals surface area contributed by atoms with Crippen LogP contribution in [0.3, 0.4) is 0 Å². The lowest BCUT2D eigenvalue weighted by molar-refractivity contribution is -0.307. The minimum Gasteiger partial charge on any atom is -0.394 e. The Labute approximate surface area is 281 Å². The zero-order valence-corrected chi connectivity index (χ0v) is 26.9. The second-order valence-electron chi connectivity index (χ2n) is 12.8. The predicted molar refractivity (Wildman–Crippen MR) is 162 cm³/mol. The van der Waals surface area contributed by atoms with Gasteiger partial charge in [-0.1, -0.05) is 0 Å². The molecule has 1 amide bonds. The maximum absolute atomic E-state index is 12.5. The first-order chi connectivity index (χ1) is 23.2. The van der Waals surface area contributed by atoms with Gasteiger partial charge in [0.1, 0.15) is 79.4 Å². The van der Waals surface area contributed by atoms with E-state index in [0.29, 0.717) is 0 Å². The molecular formula is C27H53N7O15. The van der Waals surface area contributed by atoms with Crippen LogP contribution in [0.4, 0.5) is 0 Å². The van der Waals surface area contributed by atoms with Crippen LogP contribution in [-0.4, -0.2) is 202 Å². The molecule has 20 N–H and O–H groups in total. The Kier molecular flexibility index (Phi) is 14.4. The first-order valence-electron chi connectivity index (χ1n) is 16.1. The van der Waals surface area contributed by atoms with E-state index in [9.17, 15) is 45.6 Å². The zero-order chi connectivity index (χ0) is 36.3. The Morgan fingerprint density at radius 2 is 1.29 bits per heavy atom. The molecule has 0 spiro atoms. The summed E-state index contributed by atoms with van der Waals surface area (Å²) in [4.78, 5) is 12.5. The fraction of sp³-hybridized carbons (Fsp3) is 0.963. The van der Waals surface area contributed by atoms with Crippen molar-refractivity contribution in [3.05, 3.63) is 0 Å². The quantitative estimate of drug-likeness (QED) is 0.0841. The fourth-order valence-corrected chi connectivity index (χ4v) is 6.41. The van der Waals surface area contributed by atoms with Crippen molar-refractivity contribution in [2.75, 3.05) is 33.3 Å². The largest absolute Gasteiger partial charge is 0.394 e. The van der Waals surface area contributed by atoms with E-state index in [-0.39, 0.29) is 19.5 Å². The molecule has 0 radical (unpaired) electrons. The molecule has 0 aromatic rings. The molecule has 1 saturated carbocycles. The Morgan fingerprint density at radius 3 is 1.84 bits per heavy atom. The number of carbonyl (C=O) groups excluding carboxylic acids is 1. The van der Waals surface area contributed by atoms with Gasteiger partial charge in [-0.15, -0.1) is 0 Å². The van der Waals surface area contributed by atoms with Gasteiger partial charge in [0.05, 0.1) is 24.7 Å². The number of carbonyl (C=O) groups is 1. The van der Waals surface area contributed by atoms with Crippen molar-refractivity contribution < 1.29 is 74.1 Å². The minimum absolute atomic E-state index is 0.101. The van der Waals surface area contributed by atoms with Gasteiger partial charge in [-0.2, -0.15) is 0 Å². The number of aliphatic hydroxyl groups is 8. The van der Waals surface area contributed by atoms with E-state index in [4.69, 9.17) is 57.1 Å². The van der Waals surface area contributed by atoms with Gasteiger partial charge in [0.15, 0.2) is 18.9 Å². The predicted octanol–water partition coefficient (Wildman–Crippen LogP) is -10.2. The van der Waals surface area contributed by atoms with Gasteiger partial charge in [-0.3, -0.25) is 4.79 Å². The van der Waals surface area contributed by atoms with Crippen LogP contribution in [0.2, 0.25) is 0 Å². The number of likely N-dealkylation sites (N-methyl/N-ethyl adjacent to an activating group) is 1. The topological polar surface area (TPSA) is 388 Å². The number of rotatable bonds is 13. The summed E-state index contributed by atoms with van der Waals surface area (Å²) in [5.41, 5.74) is 29.6. The lowest BCUT2D eigenvalue weighted by Gasteiger charge is -2.48. The summed E-state index contributed by atoms with van der Waals surface area (Å²) in [5.74, 6) is -0.903. The number of hydrogen-bond donors (Lipinski definition) is 15. The van der Waals surface area contributed by atoms with E-state index < -0.39 is 141 Å². The molecular weight excluding hydrogens is 662 g/mol. The smallest absolute Gasteiger partial charge is 0.250 e. The third kappa shape index (κ3) is 8.66. The molecule has 1 unspecified atom stereocenters. The van der Waals surface area contributed by atoms with E-state index in [2.05, 4.69) is 10.6 Å². The van der Waals surface area contributed by atoms with E-state index in [1.807, 2.05) is 0 Å². The number of aliphatic hydroxyl groups excluding tert-OH is 8. The van der Waals surface area contributed by atoms with Crippen LogP contribution in [0, 0.1) is 0 Å². The zero-order valence-electron chi connectivity index (χ0n) is 26.9. The molecule has 4 fully saturated rings. The maximum atomic E-state index is 12.5. The van der Waals surface area contributed by atoms with E-state index >= 15 is 0 Å². The number of nitrogens with one attached hydrogen (secondary N) is 2. The second kappa shape index (κ2) is 17.5. The first kappa shape index (κ1) is 40.4. The van der Waals surface area contributed by atoms with Crippen molar-refractivity contribution in [3.8, 4) is 0 Å². The van der Waals surface area contributed by atoms with Crippen LogP contribution in [0.1, 0.15) is 6.42 Å². The van der Waals surface area contributed by atoms with Crippen LogP contribution in [-0.2, 0) is 33.2 Å². The Balaban J connectivity index is 1.57. The summed E-state index contributed by atoms with van der Waals surface area (Å²) in [6.07, 6.45) is -22.9. The molecule has 3 aliphatic heterocycles. The number of hydrogen-bond acceptors (Lipinski definition) is 21. The fourth-order valence-electron chi connectivity index (χ4n) is 6.41. The molecule has 0 aromatic carbocycles. The lowest BCUT2D eigenvalue weighted by Crippen LogP contribution is -2.69. The van der Waals surface area contributed by atoms with Crippen LogP contribution >= 0.6 is 0 Å². The molecule has 22 nitrogen and oxygen atoms in total. The maximum Gasteiger partial charge on any atom is 0.250 e. The highest BCUT2D eigenvalue weighted by atomic mass is 16.8. The SMILES string of the molecule is CNC[C@H]1O[C@H](O[C@H]2[C@H](O[C@@H]3O[C@H](CO)[C@@H](O[C@H]4O[C@@H](CN)[C@@H](O)[C@H](O)[C@H]4N)[C@H]3O)[C@@H](O)[C@H](NC(=O)C(O)CN)C[C@@H]2N)[C@H](N)[C@H](O)[C@@H]1O. The van der Waals surface area contributed by atoms with Crippen molar-refractivity contribution in [1.82, 2.24) is 10.6 Å². The number of amides is 1. The lowest BCUT2D eigenvalue weighted by atomic mass is 9.83. The van der Waals surface area contributed by atoms with Crippen LogP contribution in [0.15, 0.2) is 0 Å². The highest BCUT2D eigenvalue weighted by Gasteiger charge is 2.55. The summed E-state index contributed by atoms with van der Waals surface area (Å²) >= 11 is 0. The molecule has 49 heavy (non-hydrogen) atoms. The van der Waals surface area contributed by atoms with Crippen molar-refractivity contribution in [1.29, 1.82) is 0 Å². The van der Waals surface area contributed by atoms with Crippen LogP contribution in [0.5, 0.6) is 0 Å². The summed E-state index contributed by atoms with van der Waals surface area (Å²) in [5, 5.41) is 89.7. The van der Waals surface area contributed by atoms with Gasteiger partial charge in [-0.05, 0) is 13.5 Å². The Hall–Kier alpha value is -1.33. The van der Waals surface area contributed by atoms with Gasteiger partial charge in [0.25, 0.3) is 0 Å². The van der Waals surface area contributed by atoms with Gasteiger partial charge in [-0.25, -0.2) is 0 Å². The summed E-state index contributed by atoms with van der Waals surface area (Å²) in [6.45, 7) is -1.22. The molecule has 4 aliphatic rings. The normalized spacial score (nSPS) is 48.3. The Bertz CT molecular complexity index is 1060. The van der Waals surface area contributed by atoms with Crippen LogP contribution in [0.25, 0.3) is 0 Å². The van der Waals surface area contributed by atoms with Gasteiger partial charge < -0.3 is 109 Å². The molecule has 0 aromatic heterocycles. The summed E-state index contributed by atoms with van der Waals surface area (Å²) < 4.78 is 35.2. The second-order valence-corrected chi connectivity index (χ2v) is 12.8. The summed E-state index contributed by atoms with van der Waals surface area (Å²) in [6, 6.07) is -4.78. The molecule has 1 aliphatic carbocycles. The third-order valence-corrected chi connectivity index (χ3v) is 9.35. The van der Waals surface area contributed by atoms with Crippen molar-refractivity contribution in [2.45, 2.75) is 129 Å². The molecule has 20 atom stereocenters. The van der Waals surface area contributed by atoms with E-state index in [1.165, 1.54) is 0 Å². The highest BCUT2D eigenvalue weighted by molar-refractivity contribution is 5.81. The molecule has 4 rings (SSSR count). The molecule has 286 valence electrons. The van der Waals surface area contributed by atoms with Gasteiger partial charge in [0, 0.05) is 25.7 Å². The average Bonchev–Trinajstić information content (AvgIpc) is 3.38. The average molecular weight is 716 g/mol. The van der Waals surface area contributed by atoms with E-state index in [1.54, 1.807) is 7.05 Å². The van der Waals surface area contributed by atoms with Crippen LogP contribution < -0.4 is 39.3 Å². The van der Waals surface area contributed by atoms with Crippen molar-refractivity contribution in [2.24, 2.45) is 28.7 Å². The molecule has 22 heteroatoms. The summed E-state index contributed by atoms with van der Waals surface area (Å²) in [7, 11) is 1.60. The molecule has 0 bridgehead atoms. The van der Waals surface area contributed by atoms with Crippen molar-refractivity contribution in [3.63, 3.8) is 0 Å². The number of ether oxygens (including phenoxy) is 6. The molecule has 3 saturated heterocycles. The Morgan fingerprint density at radius 1 is 0.755 bits per heavy atom. The van der Waals surface area contributed by atoms with E-state index in [0.717, 1.165) is 0 Å². The standard InChI is InChI=1S/C27H53N7O15/c1-33-5-11-17(39)19(41)14(32)26(45-11)47-21-7(30)2-8(34-24(43)9(36)3-28)15(37)23(21)49-27-20(42)22(12(6-35)46-27)48-25-13(31)18(40)16(38)10(4-29)44-25/h7-23,25-27,33,35-42H,2-6,28-32H2,1H3,(H,34,43)/t7-,8+,9?,10-,11+,12+,13+,14+,15-,16+,17+,18+,19-,20+,21+,22+,23+,25+,26+,27-/m0/s1.